The lowest BCUT2D eigenvalue weighted by molar-refractivity contribution is -0.0508. The van der Waals surface area contributed by atoms with Crippen LogP contribution in [0, 0.1) is 5.41 Å². The summed E-state index contributed by atoms with van der Waals surface area (Å²) in [5.74, 6) is 0. The van der Waals surface area contributed by atoms with E-state index in [1.807, 2.05) is 0 Å². The van der Waals surface area contributed by atoms with Crippen molar-refractivity contribution < 1.29 is 47.7 Å². The van der Waals surface area contributed by atoms with Gasteiger partial charge in [-0.1, -0.05) is 40.0 Å². The maximum Gasteiger partial charge on any atom is 0.513 e. The second-order valence-corrected chi connectivity index (χ2v) is 11.4. The topological polar surface area (TPSA) is 80.8 Å². The van der Waals surface area contributed by atoms with Crippen molar-refractivity contribution in [1.29, 1.82) is 0 Å². The van der Waals surface area contributed by atoms with Gasteiger partial charge in [-0.25, -0.2) is 16.8 Å². The van der Waals surface area contributed by atoms with Gasteiger partial charge in [-0.05, 0) is 8.90 Å². The van der Waals surface area contributed by atoms with E-state index in [2.05, 4.69) is 4.52 Å². The van der Waals surface area contributed by atoms with Gasteiger partial charge in [0.15, 0.2) is 0 Å². The summed E-state index contributed by atoms with van der Waals surface area (Å²) >= 11 is 0. The van der Waals surface area contributed by atoms with Crippen LogP contribution in [0.2, 0.25) is 0 Å². The first-order valence-corrected chi connectivity index (χ1v) is 11.5. The highest BCUT2D eigenvalue weighted by atomic mass is 32.3. The number of sulfonamides is 2. The number of alkyl halides is 6. The van der Waals surface area contributed by atoms with Gasteiger partial charge in [0.05, 0.1) is 0 Å². The van der Waals surface area contributed by atoms with Crippen molar-refractivity contribution in [2.45, 2.75) is 51.1 Å². The van der Waals surface area contributed by atoms with Gasteiger partial charge in [-0.15, -0.1) is 0 Å². The molecule has 0 heterocycles. The molecule has 0 saturated heterocycles. The molecule has 1 unspecified atom stereocenters. The highest BCUT2D eigenvalue weighted by Gasteiger charge is 2.64. The highest BCUT2D eigenvalue weighted by molar-refractivity contribution is 8.10. The van der Waals surface area contributed by atoms with Crippen molar-refractivity contribution >= 4 is 28.3 Å². The van der Waals surface area contributed by atoms with E-state index in [-0.39, 0.29) is 19.3 Å². The van der Waals surface area contributed by atoms with Gasteiger partial charge >= 0.3 is 31.1 Å². The predicted molar refractivity (Wildman–Crippen MR) is 83.9 cm³/mol. The molecular formula is C11H20F6NO5PS2. The second-order valence-electron chi connectivity index (χ2n) is 5.33. The first kappa shape index (κ1) is 25.8. The fraction of sp³-hybridized carbons (Fsp3) is 1.00. The molecule has 0 aromatic carbocycles. The molecule has 0 aliphatic rings. The third-order valence-electron chi connectivity index (χ3n) is 4.11. The Balaban J connectivity index is 6.60. The van der Waals surface area contributed by atoms with Crippen molar-refractivity contribution in [2.24, 2.45) is 5.41 Å². The minimum absolute atomic E-state index is 0.272. The maximum absolute atomic E-state index is 12.9. The van der Waals surface area contributed by atoms with Crippen LogP contribution in [-0.4, -0.2) is 44.6 Å². The number of hydrogen-bond donors (Lipinski definition) is 0. The first-order valence-electron chi connectivity index (χ1n) is 7.22. The third-order valence-corrected chi connectivity index (χ3v) is 11.4. The van der Waals surface area contributed by atoms with E-state index < -0.39 is 54.4 Å². The van der Waals surface area contributed by atoms with Crippen LogP contribution in [-0.2, 0) is 24.6 Å². The van der Waals surface area contributed by atoms with E-state index in [1.54, 1.807) is 20.8 Å². The van der Waals surface area contributed by atoms with Crippen LogP contribution >= 0.6 is 8.30 Å². The predicted octanol–water partition coefficient (Wildman–Crippen LogP) is 4.16. The van der Waals surface area contributed by atoms with Gasteiger partial charge in [0.2, 0.25) is 0 Å². The Morgan fingerprint density at radius 2 is 1.12 bits per heavy atom. The van der Waals surface area contributed by atoms with Gasteiger partial charge in [-0.3, -0.25) is 0 Å². The lowest BCUT2D eigenvalue weighted by Gasteiger charge is -2.37. The Bertz CT molecular complexity index is 620. The Kier molecular flexibility index (Phi) is 8.40. The molecule has 26 heavy (non-hydrogen) atoms. The Morgan fingerprint density at radius 1 is 0.808 bits per heavy atom. The standard InChI is InChI=1S/C11H20F6NO5PS2/c1-5-9(6-2,7-3)8-24(23-4)18(25(19,20)10(12,13)14)26(21,22)11(15,16)17/h5-8H2,1-4H3. The van der Waals surface area contributed by atoms with Crippen LogP contribution < -0.4 is 0 Å². The zero-order chi connectivity index (χ0) is 21.2. The average molecular weight is 455 g/mol. The largest absolute Gasteiger partial charge is 0.513 e. The summed E-state index contributed by atoms with van der Waals surface area (Å²) < 4.78 is 127. The summed E-state index contributed by atoms with van der Waals surface area (Å²) in [5, 5.41) is 0. The molecular weight excluding hydrogens is 435 g/mol. The highest BCUT2D eigenvalue weighted by Crippen LogP contribution is 2.56. The van der Waals surface area contributed by atoms with Gasteiger partial charge in [0.25, 0.3) is 0 Å². The SMILES string of the molecule is CCC(CC)(CC)CP(OC)N(S(=O)(=O)C(F)(F)F)S(=O)(=O)C(F)(F)F. The van der Waals surface area contributed by atoms with Crippen LogP contribution in [0.3, 0.4) is 0 Å². The molecule has 0 spiro atoms. The number of halogens is 6. The summed E-state index contributed by atoms with van der Waals surface area (Å²) in [4.78, 5) is 0. The fourth-order valence-electron chi connectivity index (χ4n) is 2.11. The number of nitrogens with zero attached hydrogens (tertiary/aromatic N) is 1. The molecule has 0 bridgehead atoms. The number of rotatable bonds is 9. The average Bonchev–Trinajstić information content (AvgIpc) is 2.48. The van der Waals surface area contributed by atoms with E-state index in [9.17, 15) is 43.2 Å². The molecule has 1 atom stereocenters. The molecule has 0 aliphatic heterocycles. The smallest absolute Gasteiger partial charge is 0.345 e. The van der Waals surface area contributed by atoms with Crippen LogP contribution in [0.5, 0.6) is 0 Å². The van der Waals surface area contributed by atoms with Gasteiger partial charge in [0.1, 0.15) is 8.30 Å². The summed E-state index contributed by atoms with van der Waals surface area (Å²) in [6.45, 7) is 4.82. The monoisotopic (exact) mass is 455 g/mol. The van der Waals surface area contributed by atoms with E-state index in [0.717, 1.165) is 0 Å². The molecule has 158 valence electrons. The van der Waals surface area contributed by atoms with Crippen LogP contribution in [0.15, 0.2) is 0 Å². The minimum atomic E-state index is -6.86. The molecule has 0 saturated carbocycles. The molecule has 15 heteroatoms. The Morgan fingerprint density at radius 3 is 1.31 bits per heavy atom. The van der Waals surface area contributed by atoms with Crippen LogP contribution in [0.4, 0.5) is 26.3 Å². The molecule has 0 fully saturated rings. The lowest BCUT2D eigenvalue weighted by atomic mass is 9.82. The molecule has 0 amide bonds. The van der Waals surface area contributed by atoms with Gasteiger partial charge in [-0.2, -0.15) is 26.3 Å². The maximum atomic E-state index is 12.9. The van der Waals surface area contributed by atoms with Crippen molar-refractivity contribution in [1.82, 2.24) is 3.48 Å². The molecule has 0 aromatic rings. The summed E-state index contributed by atoms with van der Waals surface area (Å²) in [5.41, 5.74) is -13.4. The van der Waals surface area contributed by atoms with E-state index in [4.69, 9.17) is 0 Å². The first-order chi connectivity index (χ1) is 11.5. The Labute approximate surface area is 149 Å². The van der Waals surface area contributed by atoms with E-state index >= 15 is 0 Å². The third kappa shape index (κ3) is 5.00. The fourth-order valence-corrected chi connectivity index (χ4v) is 8.84. The molecule has 0 aliphatic carbocycles. The lowest BCUT2D eigenvalue weighted by Crippen LogP contribution is -2.47. The molecule has 0 radical (unpaired) electrons. The normalized spacial score (nSPS) is 16.1. The van der Waals surface area contributed by atoms with Crippen molar-refractivity contribution in [3.05, 3.63) is 0 Å². The zero-order valence-corrected chi connectivity index (χ0v) is 16.9. The van der Waals surface area contributed by atoms with Gasteiger partial charge in [0, 0.05) is 13.3 Å². The summed E-state index contributed by atoms with van der Waals surface area (Å²) in [7, 11) is -16.4. The second kappa shape index (κ2) is 8.46. The van der Waals surface area contributed by atoms with Crippen molar-refractivity contribution in [3.63, 3.8) is 0 Å². The Hall–Kier alpha value is -0.170. The summed E-state index contributed by atoms with van der Waals surface area (Å²) in [6.07, 6.45) is 0.212. The van der Waals surface area contributed by atoms with Crippen molar-refractivity contribution in [2.75, 3.05) is 13.3 Å². The van der Waals surface area contributed by atoms with Gasteiger partial charge < -0.3 is 4.52 Å². The quantitative estimate of drug-likeness (QED) is 0.385. The summed E-state index contributed by atoms with van der Waals surface area (Å²) in [6, 6.07) is 0. The molecule has 0 rings (SSSR count). The molecule has 0 aromatic heterocycles. The zero-order valence-electron chi connectivity index (χ0n) is 14.3. The molecule has 6 nitrogen and oxygen atoms in total. The van der Waals surface area contributed by atoms with Crippen LogP contribution in [0.25, 0.3) is 0 Å². The van der Waals surface area contributed by atoms with E-state index in [0.29, 0.717) is 7.11 Å². The van der Waals surface area contributed by atoms with Crippen LogP contribution in [0.1, 0.15) is 40.0 Å². The molecule has 0 N–H and O–H groups in total. The minimum Gasteiger partial charge on any atom is -0.345 e. The van der Waals surface area contributed by atoms with E-state index in [1.165, 1.54) is 0 Å². The number of hydrogen-bond acceptors (Lipinski definition) is 5. The van der Waals surface area contributed by atoms with Crippen molar-refractivity contribution in [3.8, 4) is 0 Å².